The van der Waals surface area contributed by atoms with E-state index in [0.717, 1.165) is 11.3 Å². The van der Waals surface area contributed by atoms with Crippen LogP contribution in [-0.2, 0) is 9.59 Å². The van der Waals surface area contributed by atoms with Gasteiger partial charge in [0.1, 0.15) is 16.7 Å². The fourth-order valence-electron chi connectivity index (χ4n) is 2.32. The monoisotopic (exact) mass is 446 g/mol. The van der Waals surface area contributed by atoms with Crippen molar-refractivity contribution in [1.82, 2.24) is 30.2 Å². The molecule has 0 radical (unpaired) electrons. The summed E-state index contributed by atoms with van der Waals surface area (Å²) in [6.07, 6.45) is 3.24. The number of rotatable bonds is 8. The lowest BCUT2D eigenvalue weighted by Gasteiger charge is -2.11. The second-order valence-electron chi connectivity index (χ2n) is 5.98. The molecule has 1 atom stereocenters. The molecule has 0 aliphatic carbocycles. The molecule has 0 bridgehead atoms. The molecule has 15 heteroatoms. The van der Waals surface area contributed by atoms with Gasteiger partial charge in [0, 0.05) is 6.42 Å². The Morgan fingerprint density at radius 2 is 2.03 bits per heavy atom. The van der Waals surface area contributed by atoms with Crippen molar-refractivity contribution in [1.29, 1.82) is 0 Å². The van der Waals surface area contributed by atoms with Gasteiger partial charge in [0.05, 0.1) is 18.6 Å². The quantitative estimate of drug-likeness (QED) is 0.278. The van der Waals surface area contributed by atoms with E-state index in [1.807, 2.05) is 0 Å². The number of nitrogens with one attached hydrogen (secondary N) is 2. The number of anilines is 1. The topological polar surface area (TPSA) is 226 Å². The summed E-state index contributed by atoms with van der Waals surface area (Å²) in [5.74, 6) is -3.39. The van der Waals surface area contributed by atoms with Gasteiger partial charge in [0.25, 0.3) is 5.91 Å². The zero-order valence-corrected chi connectivity index (χ0v) is 16.3. The van der Waals surface area contributed by atoms with Gasteiger partial charge in [-0.05, 0) is 6.42 Å². The van der Waals surface area contributed by atoms with E-state index in [2.05, 4.69) is 35.2 Å². The number of carboxylic acid groups (broad SMARTS) is 2. The van der Waals surface area contributed by atoms with Gasteiger partial charge in [-0.1, -0.05) is 11.3 Å². The molecule has 1 amide bonds. The molecule has 160 valence electrons. The van der Waals surface area contributed by atoms with Gasteiger partial charge in [-0.25, -0.2) is 24.7 Å². The summed E-state index contributed by atoms with van der Waals surface area (Å²) in [6.45, 7) is 0. The van der Waals surface area contributed by atoms with E-state index < -0.39 is 35.9 Å². The van der Waals surface area contributed by atoms with Crippen LogP contribution in [-0.4, -0.2) is 65.2 Å². The van der Waals surface area contributed by atoms with E-state index in [1.54, 1.807) is 0 Å². The predicted octanol–water partition coefficient (Wildman–Crippen LogP) is -0.450. The summed E-state index contributed by atoms with van der Waals surface area (Å²) >= 11 is 0.872. The summed E-state index contributed by atoms with van der Waals surface area (Å²) in [5, 5.41) is 20.2. The number of amides is 1. The van der Waals surface area contributed by atoms with Crippen LogP contribution in [0.3, 0.4) is 0 Å². The number of fused-ring (bicyclic) bond motifs is 1. The van der Waals surface area contributed by atoms with Crippen molar-refractivity contribution in [2.45, 2.75) is 18.9 Å². The van der Waals surface area contributed by atoms with Crippen LogP contribution >= 0.6 is 11.3 Å². The highest BCUT2D eigenvalue weighted by Gasteiger charge is 2.23. The third kappa shape index (κ3) is 5.41. The number of H-pyrrole nitrogens is 1. The largest absolute Gasteiger partial charge is 0.481 e. The van der Waals surface area contributed by atoms with Gasteiger partial charge >= 0.3 is 17.5 Å². The van der Waals surface area contributed by atoms with Crippen molar-refractivity contribution in [3.05, 3.63) is 33.4 Å². The molecule has 3 aromatic rings. The maximum absolute atomic E-state index is 12.2. The molecule has 1 unspecified atom stereocenters. The first kappa shape index (κ1) is 21.4. The van der Waals surface area contributed by atoms with Gasteiger partial charge < -0.3 is 26.2 Å². The number of aromatic nitrogens is 5. The molecule has 0 saturated carbocycles. The molecule has 0 spiro atoms. The Balaban J connectivity index is 1.71. The average Bonchev–Trinajstić information content (AvgIpc) is 3.18. The highest BCUT2D eigenvalue weighted by atomic mass is 32.1. The fraction of sp³-hybridized carbons (Fsp3) is 0.188. The number of nitrogens with zero attached hydrogens (tertiary/aromatic N) is 5. The number of aliphatic carboxylic acids is 2. The number of aromatic amines is 1. The van der Waals surface area contributed by atoms with Crippen LogP contribution < -0.4 is 16.6 Å². The van der Waals surface area contributed by atoms with Gasteiger partial charge in [-0.3, -0.25) is 14.4 Å². The summed E-state index contributed by atoms with van der Waals surface area (Å²) in [7, 11) is 0. The molecule has 14 nitrogen and oxygen atoms in total. The highest BCUT2D eigenvalue weighted by Crippen LogP contribution is 2.22. The van der Waals surface area contributed by atoms with Crippen LogP contribution in [0.15, 0.2) is 22.2 Å². The molecule has 0 aliphatic rings. The zero-order chi connectivity index (χ0) is 22.5. The molecule has 3 aromatic heterocycles. The van der Waals surface area contributed by atoms with Crippen molar-refractivity contribution < 1.29 is 24.6 Å². The second-order valence-corrected chi connectivity index (χ2v) is 6.99. The number of carbonyl (C=O) groups is 3. The second kappa shape index (κ2) is 9.04. The molecule has 0 aromatic carbocycles. The molecule has 0 saturated heterocycles. The van der Waals surface area contributed by atoms with Crippen molar-refractivity contribution in [2.75, 3.05) is 5.73 Å². The Hall–Kier alpha value is -4.27. The first-order valence-corrected chi connectivity index (χ1v) is 9.32. The Morgan fingerprint density at radius 3 is 2.74 bits per heavy atom. The molecule has 3 rings (SSSR count). The summed E-state index contributed by atoms with van der Waals surface area (Å²) in [5.41, 5.74) is 5.18. The van der Waals surface area contributed by atoms with Crippen molar-refractivity contribution >= 4 is 57.5 Å². The third-order valence-corrected chi connectivity index (χ3v) is 4.63. The minimum Gasteiger partial charge on any atom is -0.481 e. The zero-order valence-electron chi connectivity index (χ0n) is 15.5. The Morgan fingerprint density at radius 1 is 1.26 bits per heavy atom. The minimum atomic E-state index is -1.37. The summed E-state index contributed by atoms with van der Waals surface area (Å²) in [4.78, 5) is 68.1. The number of nitrogen functional groups attached to an aromatic ring is 1. The summed E-state index contributed by atoms with van der Waals surface area (Å²) in [6, 6.07) is -1.37. The van der Waals surface area contributed by atoms with Gasteiger partial charge in [0.2, 0.25) is 5.95 Å². The van der Waals surface area contributed by atoms with Crippen LogP contribution in [0, 0.1) is 0 Å². The number of thiazole rings is 1. The van der Waals surface area contributed by atoms with Gasteiger partial charge in [0.15, 0.2) is 16.2 Å². The Kier molecular flexibility index (Phi) is 6.25. The Labute approximate surface area is 175 Å². The van der Waals surface area contributed by atoms with Crippen molar-refractivity contribution in [3.8, 4) is 0 Å². The first-order chi connectivity index (χ1) is 14.7. The molecular weight excluding hydrogens is 432 g/mol. The smallest absolute Gasteiger partial charge is 0.326 e. The van der Waals surface area contributed by atoms with E-state index >= 15 is 0 Å². The first-order valence-electron chi connectivity index (χ1n) is 8.51. The number of hydrogen-bond acceptors (Lipinski definition) is 11. The molecule has 0 aliphatic heterocycles. The maximum atomic E-state index is 12.2. The highest BCUT2D eigenvalue weighted by molar-refractivity contribution is 7.17. The lowest BCUT2D eigenvalue weighted by molar-refractivity contribution is -0.140. The maximum Gasteiger partial charge on any atom is 0.326 e. The van der Waals surface area contributed by atoms with Crippen LogP contribution in [0.1, 0.15) is 28.3 Å². The van der Waals surface area contributed by atoms with Crippen LogP contribution in [0.25, 0.3) is 11.2 Å². The van der Waals surface area contributed by atoms with E-state index in [0.29, 0.717) is 5.00 Å². The number of carbonyl (C=O) groups excluding carboxylic acids is 1. The number of nitrogens with two attached hydrogens (primary N) is 1. The number of aliphatic imine (C=N–C) groups is 1. The number of hydrogen-bond donors (Lipinski definition) is 5. The lowest BCUT2D eigenvalue weighted by atomic mass is 10.1. The van der Waals surface area contributed by atoms with Crippen molar-refractivity contribution in [2.24, 2.45) is 4.99 Å². The standard InChI is InChI=1S/C16H14N8O6S/c17-16-23-11-10(12(27)24-16)21-6(4-19-11)3-18-8-5-20-14(31-8)13(28)22-7(15(29)30)1-2-9(25)26/h3-5,7H,1-2H2,(H,22,28)(H,25,26)(H,29,30)(H3,17,19,23,24,27)/b18-3+. The van der Waals surface area contributed by atoms with E-state index in [-0.39, 0.29) is 34.2 Å². The normalized spacial score (nSPS) is 12.1. The molecule has 0 fully saturated rings. The van der Waals surface area contributed by atoms with Crippen molar-refractivity contribution in [3.63, 3.8) is 0 Å². The molecule has 31 heavy (non-hydrogen) atoms. The van der Waals surface area contributed by atoms with Crippen LogP contribution in [0.2, 0.25) is 0 Å². The summed E-state index contributed by atoms with van der Waals surface area (Å²) < 4.78 is 0. The average molecular weight is 446 g/mol. The molecule has 6 N–H and O–H groups in total. The van der Waals surface area contributed by atoms with E-state index in [4.69, 9.17) is 15.9 Å². The minimum absolute atomic E-state index is 0.0244. The lowest BCUT2D eigenvalue weighted by Crippen LogP contribution is -2.41. The van der Waals surface area contributed by atoms with Crippen LogP contribution in [0.5, 0.6) is 0 Å². The van der Waals surface area contributed by atoms with E-state index in [1.165, 1.54) is 18.6 Å². The predicted molar refractivity (Wildman–Crippen MR) is 107 cm³/mol. The third-order valence-electron chi connectivity index (χ3n) is 3.72. The Bertz CT molecular complexity index is 1250. The SMILES string of the molecule is Nc1nc(=O)c2nc(/C=N/c3cnc(C(=O)NC(CCC(=O)O)C(=O)O)s3)cnc2[nH]1. The fourth-order valence-corrected chi connectivity index (χ4v) is 2.99. The van der Waals surface area contributed by atoms with Gasteiger partial charge in [-0.15, -0.1) is 0 Å². The molecule has 3 heterocycles. The number of carboxylic acids is 2. The molecular formula is C16H14N8O6S. The van der Waals surface area contributed by atoms with Crippen LogP contribution in [0.4, 0.5) is 10.9 Å². The van der Waals surface area contributed by atoms with Gasteiger partial charge in [-0.2, -0.15) is 4.98 Å². The van der Waals surface area contributed by atoms with E-state index in [9.17, 15) is 19.2 Å².